The predicted molar refractivity (Wildman–Crippen MR) is 87.3 cm³/mol. The monoisotopic (exact) mass is 295 g/mol. The van der Waals surface area contributed by atoms with Gasteiger partial charge < -0.3 is 10.6 Å². The smallest absolute Gasteiger partial charge is 0.0944 e. The first kappa shape index (κ1) is 15.9. The molecule has 1 aliphatic heterocycles. The number of thiazole rings is 1. The summed E-state index contributed by atoms with van der Waals surface area (Å²) < 4.78 is 0. The largest absolute Gasteiger partial charge is 0.321 e. The molecule has 1 aromatic heterocycles. The van der Waals surface area contributed by atoms with Gasteiger partial charge in [0, 0.05) is 23.4 Å². The highest BCUT2D eigenvalue weighted by atomic mass is 32.1. The van der Waals surface area contributed by atoms with Crippen molar-refractivity contribution in [2.45, 2.75) is 64.8 Å². The molecule has 114 valence electrons. The number of aromatic nitrogens is 1. The van der Waals surface area contributed by atoms with Crippen molar-refractivity contribution in [3.05, 3.63) is 15.6 Å². The summed E-state index contributed by atoms with van der Waals surface area (Å²) in [5, 5.41) is 1.26. The van der Waals surface area contributed by atoms with E-state index in [0.717, 1.165) is 19.4 Å². The first-order chi connectivity index (χ1) is 9.50. The van der Waals surface area contributed by atoms with Gasteiger partial charge in [-0.15, -0.1) is 11.3 Å². The molecule has 0 amide bonds. The molecular weight excluding hydrogens is 266 g/mol. The van der Waals surface area contributed by atoms with Crippen LogP contribution in [0.2, 0.25) is 0 Å². The molecule has 0 radical (unpaired) electrons. The van der Waals surface area contributed by atoms with Crippen LogP contribution in [0.5, 0.6) is 0 Å². The fourth-order valence-corrected chi connectivity index (χ4v) is 4.02. The lowest BCUT2D eigenvalue weighted by Crippen LogP contribution is -2.28. The second-order valence-corrected chi connectivity index (χ2v) is 7.55. The van der Waals surface area contributed by atoms with Crippen molar-refractivity contribution in [2.75, 3.05) is 19.6 Å². The second kappa shape index (κ2) is 7.01. The number of hydrogen-bond donors (Lipinski definition) is 1. The predicted octanol–water partition coefficient (Wildman–Crippen LogP) is 3.32. The van der Waals surface area contributed by atoms with E-state index in [1.165, 1.54) is 54.4 Å². The van der Waals surface area contributed by atoms with Gasteiger partial charge in [-0.3, -0.25) is 0 Å². The van der Waals surface area contributed by atoms with Crippen molar-refractivity contribution < 1.29 is 0 Å². The van der Waals surface area contributed by atoms with Crippen LogP contribution in [-0.2, 0) is 18.4 Å². The molecule has 0 saturated carbocycles. The third-order valence-corrected chi connectivity index (χ3v) is 5.50. The summed E-state index contributed by atoms with van der Waals surface area (Å²) >= 11 is 1.82. The van der Waals surface area contributed by atoms with Crippen molar-refractivity contribution >= 4 is 11.3 Å². The number of likely N-dealkylation sites (tertiary alicyclic amines) is 1. The Kier molecular flexibility index (Phi) is 5.58. The maximum absolute atomic E-state index is 6.27. The lowest BCUT2D eigenvalue weighted by Gasteiger charge is -2.18. The summed E-state index contributed by atoms with van der Waals surface area (Å²) in [4.78, 5) is 8.69. The standard InChI is InChI=1S/C16H29N3S/c1-4-13-15(16(2,3)17)20-14(18-13)9-12-19-10-7-5-6-8-11-19/h4-12,17H2,1-3H3. The van der Waals surface area contributed by atoms with Gasteiger partial charge in [0.2, 0.25) is 0 Å². The van der Waals surface area contributed by atoms with Gasteiger partial charge in [-0.05, 0) is 46.2 Å². The molecule has 0 atom stereocenters. The lowest BCUT2D eigenvalue weighted by molar-refractivity contribution is 0.288. The van der Waals surface area contributed by atoms with E-state index < -0.39 is 0 Å². The van der Waals surface area contributed by atoms with E-state index in [9.17, 15) is 0 Å². The zero-order valence-electron chi connectivity index (χ0n) is 13.2. The van der Waals surface area contributed by atoms with Crippen molar-refractivity contribution in [3.8, 4) is 0 Å². The normalized spacial score (nSPS) is 18.2. The average Bonchev–Trinajstić information content (AvgIpc) is 2.65. The number of aryl methyl sites for hydroxylation is 1. The van der Waals surface area contributed by atoms with E-state index in [4.69, 9.17) is 10.7 Å². The zero-order valence-corrected chi connectivity index (χ0v) is 14.1. The molecule has 0 spiro atoms. The van der Waals surface area contributed by atoms with E-state index >= 15 is 0 Å². The Labute approximate surface area is 127 Å². The fraction of sp³-hybridized carbons (Fsp3) is 0.812. The van der Waals surface area contributed by atoms with Gasteiger partial charge >= 0.3 is 0 Å². The van der Waals surface area contributed by atoms with Crippen LogP contribution in [0.4, 0.5) is 0 Å². The summed E-state index contributed by atoms with van der Waals surface area (Å²) in [5.41, 5.74) is 7.21. The highest BCUT2D eigenvalue weighted by Gasteiger charge is 2.22. The van der Waals surface area contributed by atoms with E-state index in [-0.39, 0.29) is 5.54 Å². The third kappa shape index (κ3) is 4.27. The molecule has 1 aromatic rings. The Bertz CT molecular complexity index is 412. The minimum Gasteiger partial charge on any atom is -0.321 e. The van der Waals surface area contributed by atoms with Crippen LogP contribution in [0, 0.1) is 0 Å². The van der Waals surface area contributed by atoms with Gasteiger partial charge in [-0.2, -0.15) is 0 Å². The van der Waals surface area contributed by atoms with E-state index in [0.29, 0.717) is 0 Å². The molecule has 4 heteroatoms. The van der Waals surface area contributed by atoms with Crippen LogP contribution in [-0.4, -0.2) is 29.5 Å². The molecule has 2 heterocycles. The molecule has 20 heavy (non-hydrogen) atoms. The molecule has 0 unspecified atom stereocenters. The first-order valence-electron chi connectivity index (χ1n) is 8.01. The Morgan fingerprint density at radius 3 is 2.35 bits per heavy atom. The first-order valence-corrected chi connectivity index (χ1v) is 8.82. The zero-order chi connectivity index (χ0) is 14.6. The van der Waals surface area contributed by atoms with Crippen LogP contribution >= 0.6 is 11.3 Å². The van der Waals surface area contributed by atoms with Crippen LogP contribution in [0.25, 0.3) is 0 Å². The number of hydrogen-bond acceptors (Lipinski definition) is 4. The van der Waals surface area contributed by atoms with Crippen LogP contribution in [0.1, 0.15) is 62.0 Å². The summed E-state index contributed by atoms with van der Waals surface area (Å²) in [6.45, 7) is 10.0. The van der Waals surface area contributed by atoms with Gasteiger partial charge in [-0.25, -0.2) is 4.98 Å². The summed E-state index contributed by atoms with van der Waals surface area (Å²) in [6.07, 6.45) is 7.58. The Morgan fingerprint density at radius 1 is 1.20 bits per heavy atom. The Hall–Kier alpha value is -0.450. The van der Waals surface area contributed by atoms with Gasteiger partial charge in [0.05, 0.1) is 10.7 Å². The molecule has 1 aliphatic rings. The minimum atomic E-state index is -0.260. The highest BCUT2D eigenvalue weighted by Crippen LogP contribution is 2.29. The molecule has 1 fully saturated rings. The number of nitrogens with zero attached hydrogens (tertiary/aromatic N) is 2. The third-order valence-electron chi connectivity index (χ3n) is 4.00. The average molecular weight is 295 g/mol. The molecule has 0 bridgehead atoms. The van der Waals surface area contributed by atoms with E-state index in [2.05, 4.69) is 25.7 Å². The van der Waals surface area contributed by atoms with Gasteiger partial charge in [-0.1, -0.05) is 19.8 Å². The molecular formula is C16H29N3S. The van der Waals surface area contributed by atoms with Gasteiger partial charge in [0.15, 0.2) is 0 Å². The fourth-order valence-electron chi connectivity index (χ4n) is 2.86. The minimum absolute atomic E-state index is 0.260. The van der Waals surface area contributed by atoms with Crippen molar-refractivity contribution in [1.29, 1.82) is 0 Å². The Morgan fingerprint density at radius 2 is 1.85 bits per heavy atom. The van der Waals surface area contributed by atoms with Crippen molar-refractivity contribution in [3.63, 3.8) is 0 Å². The SMILES string of the molecule is CCc1nc(CCN2CCCCCC2)sc1C(C)(C)N. The molecule has 3 nitrogen and oxygen atoms in total. The summed E-state index contributed by atoms with van der Waals surface area (Å²) in [6, 6.07) is 0. The molecule has 1 saturated heterocycles. The number of rotatable bonds is 5. The molecule has 0 aliphatic carbocycles. The highest BCUT2D eigenvalue weighted by molar-refractivity contribution is 7.11. The van der Waals surface area contributed by atoms with Crippen molar-refractivity contribution in [2.24, 2.45) is 5.73 Å². The number of nitrogens with two attached hydrogens (primary N) is 1. The van der Waals surface area contributed by atoms with E-state index in [1.807, 2.05) is 11.3 Å². The second-order valence-electron chi connectivity index (χ2n) is 6.46. The van der Waals surface area contributed by atoms with Crippen LogP contribution in [0.15, 0.2) is 0 Å². The lowest BCUT2D eigenvalue weighted by atomic mass is 10.0. The van der Waals surface area contributed by atoms with E-state index in [1.54, 1.807) is 0 Å². The maximum atomic E-state index is 6.27. The Balaban J connectivity index is 1.97. The van der Waals surface area contributed by atoms with Crippen LogP contribution < -0.4 is 5.73 Å². The quantitative estimate of drug-likeness (QED) is 0.906. The summed E-state index contributed by atoms with van der Waals surface area (Å²) in [7, 11) is 0. The molecule has 0 aromatic carbocycles. The van der Waals surface area contributed by atoms with Gasteiger partial charge in [0.25, 0.3) is 0 Å². The topological polar surface area (TPSA) is 42.2 Å². The van der Waals surface area contributed by atoms with Crippen molar-refractivity contribution in [1.82, 2.24) is 9.88 Å². The molecule has 2 N–H and O–H groups in total. The maximum Gasteiger partial charge on any atom is 0.0944 e. The van der Waals surface area contributed by atoms with Gasteiger partial charge in [0.1, 0.15) is 0 Å². The van der Waals surface area contributed by atoms with Crippen LogP contribution in [0.3, 0.4) is 0 Å². The summed E-state index contributed by atoms with van der Waals surface area (Å²) in [5.74, 6) is 0. The molecule has 2 rings (SSSR count).